The molecule has 2 aliphatic rings. The second-order valence-electron chi connectivity index (χ2n) is 6.57. The topological polar surface area (TPSA) is 51.1 Å². The van der Waals surface area contributed by atoms with Crippen LogP contribution < -0.4 is 9.47 Å². The number of carbonyl (C=O) groups excluding carboxylic acids is 1. The molecule has 0 aliphatic carbocycles. The summed E-state index contributed by atoms with van der Waals surface area (Å²) in [5.74, 6) is 1.97. The maximum absolute atomic E-state index is 12.4. The van der Waals surface area contributed by atoms with Crippen LogP contribution in [-0.2, 0) is 4.79 Å². The number of likely N-dealkylation sites (tertiary alicyclic amines) is 1. The minimum Gasteiger partial charge on any atom is -0.494 e. The van der Waals surface area contributed by atoms with Gasteiger partial charge in [-0.05, 0) is 62.6 Å². The number of thioether (sulfide) groups is 1. The predicted octanol–water partition coefficient (Wildman–Crippen LogP) is 4.19. The first kappa shape index (κ1) is 18.8. The van der Waals surface area contributed by atoms with Gasteiger partial charge < -0.3 is 14.4 Å². The van der Waals surface area contributed by atoms with E-state index in [4.69, 9.17) is 9.47 Å². The Labute approximate surface area is 159 Å². The Hall–Kier alpha value is -1.95. The first-order chi connectivity index (χ1) is 12.6. The van der Waals surface area contributed by atoms with E-state index >= 15 is 0 Å². The lowest BCUT2D eigenvalue weighted by Gasteiger charge is -2.31. The van der Waals surface area contributed by atoms with Crippen LogP contribution in [0.2, 0.25) is 0 Å². The Balaban J connectivity index is 1.79. The number of benzene rings is 1. The molecule has 140 valence electrons. The monoisotopic (exact) mass is 374 g/mol. The van der Waals surface area contributed by atoms with Crippen LogP contribution >= 0.6 is 11.8 Å². The van der Waals surface area contributed by atoms with Crippen LogP contribution in [0.3, 0.4) is 0 Å². The molecule has 1 aromatic carbocycles. The van der Waals surface area contributed by atoms with Crippen molar-refractivity contribution in [1.82, 2.24) is 4.90 Å². The highest BCUT2D eigenvalue weighted by Crippen LogP contribution is 2.35. The largest absolute Gasteiger partial charge is 0.494 e. The van der Waals surface area contributed by atoms with Gasteiger partial charge in [-0.2, -0.15) is 4.99 Å². The number of piperidine rings is 1. The first-order valence-corrected chi connectivity index (χ1v) is 10.1. The molecule has 6 heteroatoms. The van der Waals surface area contributed by atoms with E-state index in [1.54, 1.807) is 0 Å². The van der Waals surface area contributed by atoms with Gasteiger partial charge in [-0.15, -0.1) is 0 Å². The van der Waals surface area contributed by atoms with Crippen LogP contribution in [0.1, 0.15) is 39.2 Å². The van der Waals surface area contributed by atoms with Crippen LogP contribution in [0.5, 0.6) is 11.5 Å². The molecule has 1 aromatic rings. The molecule has 0 N–H and O–H groups in total. The second-order valence-corrected chi connectivity index (χ2v) is 7.58. The van der Waals surface area contributed by atoms with Gasteiger partial charge >= 0.3 is 0 Å². The summed E-state index contributed by atoms with van der Waals surface area (Å²) in [4.78, 5) is 19.5. The predicted molar refractivity (Wildman–Crippen MR) is 107 cm³/mol. The fourth-order valence-corrected chi connectivity index (χ4v) is 4.15. The Bertz CT molecular complexity index is 730. The van der Waals surface area contributed by atoms with Crippen molar-refractivity contribution in [1.29, 1.82) is 0 Å². The van der Waals surface area contributed by atoms with E-state index in [9.17, 15) is 4.79 Å². The molecule has 0 unspecified atom stereocenters. The van der Waals surface area contributed by atoms with Crippen LogP contribution in [0.4, 0.5) is 0 Å². The molecule has 2 aliphatic heterocycles. The smallest absolute Gasteiger partial charge is 0.286 e. The number of hydrogen-bond donors (Lipinski definition) is 0. The molecule has 0 spiro atoms. The third kappa shape index (κ3) is 4.41. The van der Waals surface area contributed by atoms with Gasteiger partial charge in [0.2, 0.25) is 0 Å². The summed E-state index contributed by atoms with van der Waals surface area (Å²) in [6.45, 7) is 9.25. The summed E-state index contributed by atoms with van der Waals surface area (Å²) in [5, 5.41) is 0.830. The first-order valence-electron chi connectivity index (χ1n) is 9.27. The molecular weight excluding hydrogens is 348 g/mol. The Morgan fingerprint density at radius 3 is 2.85 bits per heavy atom. The summed E-state index contributed by atoms with van der Waals surface area (Å²) < 4.78 is 11.3. The minimum absolute atomic E-state index is 0.167. The maximum atomic E-state index is 12.4. The summed E-state index contributed by atoms with van der Waals surface area (Å²) in [5.41, 5.74) is 0.870. The zero-order valence-corrected chi connectivity index (χ0v) is 16.5. The van der Waals surface area contributed by atoms with Gasteiger partial charge in [-0.3, -0.25) is 4.79 Å². The number of amides is 1. The van der Waals surface area contributed by atoms with E-state index in [1.807, 2.05) is 38.1 Å². The van der Waals surface area contributed by atoms with Gasteiger partial charge in [0, 0.05) is 24.7 Å². The number of rotatable bonds is 5. The van der Waals surface area contributed by atoms with E-state index in [-0.39, 0.29) is 5.91 Å². The number of nitrogens with zero attached hydrogens (tertiary/aromatic N) is 2. The van der Waals surface area contributed by atoms with Crippen molar-refractivity contribution in [3.8, 4) is 11.5 Å². The van der Waals surface area contributed by atoms with Crippen LogP contribution in [0, 0.1) is 5.92 Å². The third-order valence-corrected chi connectivity index (χ3v) is 5.46. The average Bonchev–Trinajstić information content (AvgIpc) is 2.98. The van der Waals surface area contributed by atoms with Gasteiger partial charge in [0.1, 0.15) is 11.5 Å². The molecule has 26 heavy (non-hydrogen) atoms. The molecule has 3 rings (SSSR count). The van der Waals surface area contributed by atoms with Crippen molar-refractivity contribution in [2.45, 2.75) is 33.6 Å². The minimum atomic E-state index is -0.167. The molecule has 0 bridgehead atoms. The summed E-state index contributed by atoms with van der Waals surface area (Å²) in [6.07, 6.45) is 4.27. The molecule has 5 nitrogen and oxygen atoms in total. The maximum Gasteiger partial charge on any atom is 0.286 e. The number of aliphatic imine (C=N–C) groups is 1. The lowest BCUT2D eigenvalue weighted by molar-refractivity contribution is -0.113. The normalized spacial score (nSPS) is 21.9. The lowest BCUT2D eigenvalue weighted by Crippen LogP contribution is -2.37. The zero-order valence-electron chi connectivity index (χ0n) is 15.7. The van der Waals surface area contributed by atoms with Crippen LogP contribution in [0.25, 0.3) is 6.08 Å². The van der Waals surface area contributed by atoms with Gasteiger partial charge in [0.25, 0.3) is 5.91 Å². The van der Waals surface area contributed by atoms with E-state index in [0.29, 0.717) is 24.0 Å². The SMILES string of the molecule is CCOc1ccc(/C=C2\SC(N3CCC[C@H](C)C3)=NC2=O)c(OCC)c1. The summed E-state index contributed by atoms with van der Waals surface area (Å²) in [6, 6.07) is 5.70. The van der Waals surface area contributed by atoms with Crippen LogP contribution in [-0.4, -0.2) is 42.3 Å². The van der Waals surface area contributed by atoms with Gasteiger partial charge in [0.15, 0.2) is 5.17 Å². The number of ether oxygens (including phenoxy) is 2. The van der Waals surface area contributed by atoms with Crippen molar-refractivity contribution < 1.29 is 14.3 Å². The molecule has 0 saturated carbocycles. The number of carbonyl (C=O) groups is 1. The molecule has 2 heterocycles. The van der Waals surface area contributed by atoms with E-state index < -0.39 is 0 Å². The summed E-state index contributed by atoms with van der Waals surface area (Å²) >= 11 is 1.46. The standard InChI is InChI=1S/C20H26N2O3S/c1-4-24-16-9-8-15(17(12-16)25-5-2)11-18-19(23)21-20(26-18)22-10-6-7-14(3)13-22/h8-9,11-12,14H,4-7,10,13H2,1-3H3/b18-11-/t14-/m0/s1. The molecule has 0 radical (unpaired) electrons. The quantitative estimate of drug-likeness (QED) is 0.724. The van der Waals surface area contributed by atoms with Crippen molar-refractivity contribution in [2.24, 2.45) is 10.9 Å². The van der Waals surface area contributed by atoms with Crippen molar-refractivity contribution >= 4 is 28.9 Å². The fourth-order valence-electron chi connectivity index (χ4n) is 3.21. The van der Waals surface area contributed by atoms with Crippen molar-refractivity contribution in [3.63, 3.8) is 0 Å². The molecule has 1 amide bonds. The highest BCUT2D eigenvalue weighted by atomic mass is 32.2. The van der Waals surface area contributed by atoms with E-state index in [0.717, 1.165) is 41.7 Å². The van der Waals surface area contributed by atoms with Crippen molar-refractivity contribution in [2.75, 3.05) is 26.3 Å². The van der Waals surface area contributed by atoms with Gasteiger partial charge in [-0.25, -0.2) is 0 Å². The Morgan fingerprint density at radius 1 is 1.31 bits per heavy atom. The van der Waals surface area contributed by atoms with Crippen LogP contribution in [0.15, 0.2) is 28.1 Å². The fraction of sp³-hybridized carbons (Fsp3) is 0.500. The van der Waals surface area contributed by atoms with Gasteiger partial charge in [0.05, 0.1) is 18.1 Å². The summed E-state index contributed by atoms with van der Waals surface area (Å²) in [7, 11) is 0. The average molecular weight is 375 g/mol. The zero-order chi connectivity index (χ0) is 18.5. The number of hydrogen-bond acceptors (Lipinski definition) is 5. The third-order valence-electron chi connectivity index (χ3n) is 4.42. The number of amidine groups is 1. The molecule has 0 aromatic heterocycles. The molecule has 1 saturated heterocycles. The molecular formula is C20H26N2O3S. The van der Waals surface area contributed by atoms with Crippen molar-refractivity contribution in [3.05, 3.63) is 28.7 Å². The van der Waals surface area contributed by atoms with E-state index in [2.05, 4.69) is 16.8 Å². The lowest BCUT2D eigenvalue weighted by atomic mass is 10.0. The Morgan fingerprint density at radius 2 is 2.12 bits per heavy atom. The van der Waals surface area contributed by atoms with E-state index in [1.165, 1.54) is 18.2 Å². The Kier molecular flexibility index (Phi) is 6.25. The molecule has 1 atom stereocenters. The second kappa shape index (κ2) is 8.62. The highest BCUT2D eigenvalue weighted by molar-refractivity contribution is 8.18. The highest BCUT2D eigenvalue weighted by Gasteiger charge is 2.28. The molecule has 1 fully saturated rings. The van der Waals surface area contributed by atoms with Gasteiger partial charge in [-0.1, -0.05) is 6.92 Å².